The van der Waals surface area contributed by atoms with Gasteiger partial charge in [0.15, 0.2) is 5.82 Å². The number of aromatic nitrogens is 4. The lowest BCUT2D eigenvalue weighted by atomic mass is 10.2. The van der Waals surface area contributed by atoms with Gasteiger partial charge in [-0.05, 0) is 44.0 Å². The van der Waals surface area contributed by atoms with Crippen molar-refractivity contribution in [1.29, 1.82) is 0 Å². The van der Waals surface area contributed by atoms with Gasteiger partial charge in [0.2, 0.25) is 0 Å². The minimum atomic E-state index is -0.409. The number of H-pyrrole nitrogens is 2. The largest absolute Gasteiger partial charge is 0.351 e. The van der Waals surface area contributed by atoms with Gasteiger partial charge in [-0.2, -0.15) is 0 Å². The van der Waals surface area contributed by atoms with E-state index in [4.69, 9.17) is 11.6 Å². The average Bonchev–Trinajstić information content (AvgIpc) is 2.94. The van der Waals surface area contributed by atoms with Gasteiger partial charge in [0, 0.05) is 15.9 Å². The Kier molecular flexibility index (Phi) is 2.77. The second-order valence-corrected chi connectivity index (χ2v) is 6.15. The fourth-order valence-electron chi connectivity index (χ4n) is 2.62. The second-order valence-electron chi connectivity index (χ2n) is 5.71. The Balaban J connectivity index is 1.61. The van der Waals surface area contributed by atoms with E-state index in [2.05, 4.69) is 25.5 Å². The summed E-state index contributed by atoms with van der Waals surface area (Å²) >= 11 is 5.97. The van der Waals surface area contributed by atoms with Crippen molar-refractivity contribution < 1.29 is 4.79 Å². The molecule has 1 saturated carbocycles. The van der Waals surface area contributed by atoms with Crippen molar-refractivity contribution >= 4 is 28.4 Å². The van der Waals surface area contributed by atoms with Crippen molar-refractivity contribution in [1.82, 2.24) is 25.5 Å². The molecule has 7 heteroatoms. The summed E-state index contributed by atoms with van der Waals surface area (Å²) in [5, 5.41) is 12.7. The molecule has 22 heavy (non-hydrogen) atoms. The first-order valence-electron chi connectivity index (χ1n) is 7.06. The lowest BCUT2D eigenvalue weighted by molar-refractivity contribution is 0.0924. The Hall–Kier alpha value is -2.34. The number of hydrogen-bond acceptors (Lipinski definition) is 3. The molecule has 0 bridgehead atoms. The van der Waals surface area contributed by atoms with Crippen LogP contribution in [-0.4, -0.2) is 26.1 Å². The van der Waals surface area contributed by atoms with Crippen LogP contribution in [0.25, 0.3) is 10.9 Å². The van der Waals surface area contributed by atoms with E-state index < -0.39 is 5.54 Å². The highest BCUT2D eigenvalue weighted by Gasteiger charge is 2.49. The van der Waals surface area contributed by atoms with Crippen molar-refractivity contribution in [3.63, 3.8) is 0 Å². The number of aromatic amines is 2. The van der Waals surface area contributed by atoms with Crippen molar-refractivity contribution in [2.24, 2.45) is 0 Å². The molecule has 0 spiro atoms. The van der Waals surface area contributed by atoms with Crippen LogP contribution in [0.15, 0.2) is 24.3 Å². The summed E-state index contributed by atoms with van der Waals surface area (Å²) in [5.41, 5.74) is 0.988. The third kappa shape index (κ3) is 2.16. The topological polar surface area (TPSA) is 86.5 Å². The van der Waals surface area contributed by atoms with Crippen LogP contribution in [0.4, 0.5) is 0 Å². The Morgan fingerprint density at radius 3 is 2.77 bits per heavy atom. The first-order valence-corrected chi connectivity index (χ1v) is 7.44. The number of aryl methyl sites for hydroxylation is 1. The highest BCUT2D eigenvalue weighted by Crippen LogP contribution is 2.43. The number of halogens is 1. The number of amides is 1. The van der Waals surface area contributed by atoms with E-state index in [1.165, 1.54) is 0 Å². The van der Waals surface area contributed by atoms with Gasteiger partial charge in [0.05, 0.1) is 0 Å². The molecule has 3 aromatic rings. The molecule has 112 valence electrons. The maximum atomic E-state index is 12.5. The lowest BCUT2D eigenvalue weighted by Gasteiger charge is -2.13. The van der Waals surface area contributed by atoms with Gasteiger partial charge >= 0.3 is 0 Å². The van der Waals surface area contributed by atoms with Crippen molar-refractivity contribution in [3.8, 4) is 0 Å². The summed E-state index contributed by atoms with van der Waals surface area (Å²) in [4.78, 5) is 18.7. The number of carbonyl (C=O) groups excluding carboxylic acids is 1. The maximum Gasteiger partial charge on any atom is 0.268 e. The quantitative estimate of drug-likeness (QED) is 0.694. The SMILES string of the molecule is Cc1nnc(C2(NC(=O)c3cc4cc(Cl)ccc4[nH]3)CC2)[nH]1. The van der Waals surface area contributed by atoms with Gasteiger partial charge in [-0.15, -0.1) is 10.2 Å². The molecular formula is C15H14ClN5O. The van der Waals surface area contributed by atoms with Crippen LogP contribution >= 0.6 is 11.6 Å². The van der Waals surface area contributed by atoms with Gasteiger partial charge in [-0.25, -0.2) is 0 Å². The van der Waals surface area contributed by atoms with Crippen LogP contribution in [0.5, 0.6) is 0 Å². The predicted molar refractivity (Wildman–Crippen MR) is 82.8 cm³/mol. The number of hydrogen-bond donors (Lipinski definition) is 3. The summed E-state index contributed by atoms with van der Waals surface area (Å²) in [7, 11) is 0. The smallest absolute Gasteiger partial charge is 0.268 e. The molecule has 1 aliphatic carbocycles. The Morgan fingerprint density at radius 1 is 1.27 bits per heavy atom. The van der Waals surface area contributed by atoms with E-state index >= 15 is 0 Å². The molecule has 2 heterocycles. The number of rotatable bonds is 3. The van der Waals surface area contributed by atoms with Gasteiger partial charge in [-0.1, -0.05) is 11.6 Å². The normalized spacial score (nSPS) is 15.9. The third-order valence-corrected chi connectivity index (χ3v) is 4.22. The minimum absolute atomic E-state index is 0.154. The molecule has 0 saturated heterocycles. The van der Waals surface area contributed by atoms with E-state index in [0.717, 1.165) is 35.4 Å². The standard InChI is InChI=1S/C15H14ClN5O/c1-8-17-14(21-20-8)15(4-5-15)19-13(22)12-7-9-6-10(16)2-3-11(9)18-12/h2-3,6-7,18H,4-5H2,1H3,(H,19,22)(H,17,20,21). The summed E-state index contributed by atoms with van der Waals surface area (Å²) in [6.07, 6.45) is 1.72. The van der Waals surface area contributed by atoms with Gasteiger partial charge in [0.1, 0.15) is 17.1 Å². The first-order chi connectivity index (χ1) is 10.6. The zero-order valence-corrected chi connectivity index (χ0v) is 12.7. The van der Waals surface area contributed by atoms with E-state index in [0.29, 0.717) is 10.7 Å². The zero-order chi connectivity index (χ0) is 15.3. The molecule has 1 aliphatic rings. The fourth-order valence-corrected chi connectivity index (χ4v) is 2.80. The Morgan fingerprint density at radius 2 is 2.09 bits per heavy atom. The molecule has 1 amide bonds. The van der Waals surface area contributed by atoms with Crippen LogP contribution in [0.3, 0.4) is 0 Å². The molecule has 1 aromatic carbocycles. The van der Waals surface area contributed by atoms with Crippen LogP contribution in [0.2, 0.25) is 5.02 Å². The summed E-state index contributed by atoms with van der Waals surface area (Å²) in [5.74, 6) is 1.31. The highest BCUT2D eigenvalue weighted by atomic mass is 35.5. The van der Waals surface area contributed by atoms with E-state index in [-0.39, 0.29) is 5.91 Å². The number of nitrogens with zero attached hydrogens (tertiary/aromatic N) is 2. The van der Waals surface area contributed by atoms with Crippen LogP contribution in [0.1, 0.15) is 35.0 Å². The molecule has 0 radical (unpaired) electrons. The molecule has 0 atom stereocenters. The fraction of sp³-hybridized carbons (Fsp3) is 0.267. The van der Waals surface area contributed by atoms with E-state index in [1.807, 2.05) is 19.1 Å². The lowest BCUT2D eigenvalue weighted by Crippen LogP contribution is -2.35. The van der Waals surface area contributed by atoms with Crippen molar-refractivity contribution in [2.75, 3.05) is 0 Å². The molecular weight excluding hydrogens is 302 g/mol. The third-order valence-electron chi connectivity index (χ3n) is 3.98. The molecule has 3 N–H and O–H groups in total. The molecule has 1 fully saturated rings. The molecule has 4 rings (SSSR count). The molecule has 0 unspecified atom stereocenters. The molecule has 0 aliphatic heterocycles. The van der Waals surface area contributed by atoms with Gasteiger partial charge < -0.3 is 15.3 Å². The van der Waals surface area contributed by atoms with E-state index in [9.17, 15) is 4.79 Å². The number of benzene rings is 1. The number of carbonyl (C=O) groups is 1. The first kappa shape index (κ1) is 13.3. The van der Waals surface area contributed by atoms with Crippen LogP contribution in [-0.2, 0) is 5.54 Å². The maximum absolute atomic E-state index is 12.5. The highest BCUT2D eigenvalue weighted by molar-refractivity contribution is 6.31. The Bertz CT molecular complexity index is 877. The number of nitrogens with one attached hydrogen (secondary N) is 3. The average molecular weight is 316 g/mol. The summed E-state index contributed by atoms with van der Waals surface area (Å²) in [6.45, 7) is 1.84. The van der Waals surface area contributed by atoms with Crippen LogP contribution < -0.4 is 5.32 Å². The van der Waals surface area contributed by atoms with Crippen molar-refractivity contribution in [3.05, 3.63) is 46.6 Å². The van der Waals surface area contributed by atoms with Gasteiger partial charge in [0.25, 0.3) is 5.91 Å². The summed E-state index contributed by atoms with van der Waals surface area (Å²) in [6, 6.07) is 7.29. The summed E-state index contributed by atoms with van der Waals surface area (Å²) < 4.78 is 0. The molecule has 2 aromatic heterocycles. The molecule has 6 nitrogen and oxygen atoms in total. The zero-order valence-electron chi connectivity index (χ0n) is 11.9. The monoisotopic (exact) mass is 315 g/mol. The minimum Gasteiger partial charge on any atom is -0.351 e. The number of fused-ring (bicyclic) bond motifs is 1. The Labute approximate surface area is 131 Å². The van der Waals surface area contributed by atoms with E-state index in [1.54, 1.807) is 12.1 Å². The van der Waals surface area contributed by atoms with Gasteiger partial charge in [-0.3, -0.25) is 4.79 Å². The predicted octanol–water partition coefficient (Wildman–Crippen LogP) is 2.67. The van der Waals surface area contributed by atoms with Crippen molar-refractivity contribution in [2.45, 2.75) is 25.3 Å². The second kappa shape index (κ2) is 4.58. The van der Waals surface area contributed by atoms with Crippen LogP contribution in [0, 0.1) is 6.92 Å².